The van der Waals surface area contributed by atoms with Crippen LogP contribution in [0.4, 0.5) is 0 Å². The highest BCUT2D eigenvalue weighted by molar-refractivity contribution is 5.81. The molecule has 4 heteroatoms. The number of rotatable bonds is 8. The molecule has 2 unspecified atom stereocenters. The molecule has 0 aliphatic heterocycles. The lowest BCUT2D eigenvalue weighted by atomic mass is 9.75. The molecule has 2 rings (SSSR count). The summed E-state index contributed by atoms with van der Waals surface area (Å²) in [5.41, 5.74) is -0.255. The zero-order valence-corrected chi connectivity index (χ0v) is 18.5. The van der Waals surface area contributed by atoms with Gasteiger partial charge in [-0.3, -0.25) is 10.1 Å². The van der Waals surface area contributed by atoms with E-state index < -0.39 is 6.23 Å². The van der Waals surface area contributed by atoms with E-state index in [1.165, 1.54) is 32.1 Å². The number of aliphatic hydroxyl groups excluding tert-OH is 1. The third-order valence-corrected chi connectivity index (χ3v) is 7.34. The largest absolute Gasteiger partial charge is 0.377 e. The molecule has 0 aromatic rings. The van der Waals surface area contributed by atoms with Crippen molar-refractivity contribution >= 4 is 5.91 Å². The summed E-state index contributed by atoms with van der Waals surface area (Å²) in [6, 6.07) is 0.768. The lowest BCUT2D eigenvalue weighted by Gasteiger charge is -2.36. The Balaban J connectivity index is 1.65. The number of carbonyl (C=O) groups excluding carboxylic acids is 1. The summed E-state index contributed by atoms with van der Waals surface area (Å²) < 4.78 is 0. The topological polar surface area (TPSA) is 61.4 Å². The predicted octanol–water partition coefficient (Wildman–Crippen LogP) is 4.22. The van der Waals surface area contributed by atoms with Gasteiger partial charge in [0.15, 0.2) is 0 Å². The zero-order valence-electron chi connectivity index (χ0n) is 18.5. The van der Waals surface area contributed by atoms with Crippen LogP contribution in [0.3, 0.4) is 0 Å². The second-order valence-electron chi connectivity index (χ2n) is 9.95. The highest BCUT2D eigenvalue weighted by Crippen LogP contribution is 2.36. The molecule has 2 aliphatic rings. The molecule has 160 valence electrons. The van der Waals surface area contributed by atoms with Crippen molar-refractivity contribution in [2.75, 3.05) is 0 Å². The Morgan fingerprint density at radius 1 is 1.07 bits per heavy atom. The lowest BCUT2D eigenvalue weighted by Crippen LogP contribution is -2.44. The molecule has 1 amide bonds. The fourth-order valence-corrected chi connectivity index (χ4v) is 4.60. The maximum atomic E-state index is 12.4. The molecule has 3 N–H and O–H groups in total. The minimum atomic E-state index is -0.588. The monoisotopic (exact) mass is 390 g/mol. The van der Waals surface area contributed by atoms with Gasteiger partial charge >= 0.3 is 0 Å². The van der Waals surface area contributed by atoms with Crippen molar-refractivity contribution in [1.29, 1.82) is 0 Å². The molecular formula is C24H42N2O2. The molecule has 2 aliphatic carbocycles. The minimum Gasteiger partial charge on any atom is -0.377 e. The zero-order chi connectivity index (χ0) is 20.7. The van der Waals surface area contributed by atoms with Gasteiger partial charge < -0.3 is 10.4 Å². The minimum absolute atomic E-state index is 0.142. The third-order valence-electron chi connectivity index (χ3n) is 7.34. The normalized spacial score (nSPS) is 30.9. The quantitative estimate of drug-likeness (QED) is 0.429. The van der Waals surface area contributed by atoms with Crippen molar-refractivity contribution < 1.29 is 9.90 Å². The number of terminal acetylenes is 1. The molecule has 0 radical (unpaired) electrons. The van der Waals surface area contributed by atoms with E-state index in [1.807, 2.05) is 20.8 Å². The number of amides is 1. The smallest absolute Gasteiger partial charge is 0.225 e. The second kappa shape index (κ2) is 10.6. The SMILES string of the molecule is C#CC(C)C(O)NC1CCC(CC2CCC(NC(=O)C(C)(C)CC)CC2)CC1. The van der Waals surface area contributed by atoms with Crippen molar-refractivity contribution in [1.82, 2.24) is 10.6 Å². The molecule has 0 spiro atoms. The molecular weight excluding hydrogens is 348 g/mol. The number of carbonyl (C=O) groups is 1. The Labute approximate surface area is 172 Å². The molecule has 0 bridgehead atoms. The third kappa shape index (κ3) is 6.78. The first kappa shape index (κ1) is 23.2. The van der Waals surface area contributed by atoms with Crippen molar-refractivity contribution in [3.8, 4) is 12.3 Å². The molecule has 0 saturated heterocycles. The fraction of sp³-hybridized carbons (Fsp3) is 0.875. The molecule has 0 aromatic heterocycles. The van der Waals surface area contributed by atoms with Crippen molar-refractivity contribution in [3.05, 3.63) is 0 Å². The van der Waals surface area contributed by atoms with Crippen LogP contribution in [0.1, 0.15) is 91.9 Å². The number of hydrogen-bond donors (Lipinski definition) is 3. The summed E-state index contributed by atoms with van der Waals surface area (Å²) in [5, 5.41) is 16.7. The number of nitrogens with one attached hydrogen (secondary N) is 2. The summed E-state index contributed by atoms with van der Waals surface area (Å²) in [6.07, 6.45) is 16.5. The van der Waals surface area contributed by atoms with E-state index in [1.54, 1.807) is 0 Å². The van der Waals surface area contributed by atoms with Gasteiger partial charge in [0, 0.05) is 17.5 Å². The summed E-state index contributed by atoms with van der Waals surface area (Å²) in [6.45, 7) is 8.03. The van der Waals surface area contributed by atoms with E-state index in [0.717, 1.165) is 43.9 Å². The van der Waals surface area contributed by atoms with Crippen LogP contribution >= 0.6 is 0 Å². The first-order valence-corrected chi connectivity index (χ1v) is 11.5. The number of hydrogen-bond acceptors (Lipinski definition) is 3. The summed E-state index contributed by atoms with van der Waals surface area (Å²) >= 11 is 0. The van der Waals surface area contributed by atoms with E-state index in [0.29, 0.717) is 12.1 Å². The predicted molar refractivity (Wildman–Crippen MR) is 115 cm³/mol. The van der Waals surface area contributed by atoms with E-state index in [4.69, 9.17) is 6.42 Å². The van der Waals surface area contributed by atoms with E-state index >= 15 is 0 Å². The van der Waals surface area contributed by atoms with Crippen LogP contribution in [0.5, 0.6) is 0 Å². The summed E-state index contributed by atoms with van der Waals surface area (Å²) in [7, 11) is 0. The Morgan fingerprint density at radius 2 is 1.57 bits per heavy atom. The molecule has 2 saturated carbocycles. The van der Waals surface area contributed by atoms with Gasteiger partial charge in [-0.05, 0) is 83.0 Å². The Kier molecular flexibility index (Phi) is 8.83. The van der Waals surface area contributed by atoms with E-state index in [-0.39, 0.29) is 17.2 Å². The second-order valence-corrected chi connectivity index (χ2v) is 9.95. The molecule has 0 aromatic carbocycles. The van der Waals surface area contributed by atoms with Crippen LogP contribution < -0.4 is 10.6 Å². The highest BCUT2D eigenvalue weighted by Gasteiger charge is 2.31. The first-order valence-electron chi connectivity index (χ1n) is 11.5. The van der Waals surface area contributed by atoms with Crippen LogP contribution in [-0.2, 0) is 4.79 Å². The Hall–Kier alpha value is -1.05. The van der Waals surface area contributed by atoms with Gasteiger partial charge in [-0.1, -0.05) is 26.7 Å². The van der Waals surface area contributed by atoms with E-state index in [9.17, 15) is 9.90 Å². The van der Waals surface area contributed by atoms with Crippen LogP contribution in [0.2, 0.25) is 0 Å². The van der Waals surface area contributed by atoms with Crippen molar-refractivity contribution in [2.45, 2.75) is 110 Å². The fourth-order valence-electron chi connectivity index (χ4n) is 4.60. The molecule has 2 fully saturated rings. The molecule has 2 atom stereocenters. The highest BCUT2D eigenvalue weighted by atomic mass is 16.3. The molecule has 28 heavy (non-hydrogen) atoms. The molecule has 4 nitrogen and oxygen atoms in total. The average Bonchev–Trinajstić information content (AvgIpc) is 2.70. The van der Waals surface area contributed by atoms with Crippen molar-refractivity contribution in [3.63, 3.8) is 0 Å². The average molecular weight is 391 g/mol. The lowest BCUT2D eigenvalue weighted by molar-refractivity contribution is -0.130. The summed E-state index contributed by atoms with van der Waals surface area (Å²) in [5.74, 6) is 4.31. The van der Waals surface area contributed by atoms with E-state index in [2.05, 4.69) is 23.5 Å². The van der Waals surface area contributed by atoms with Crippen LogP contribution in [-0.4, -0.2) is 29.3 Å². The van der Waals surface area contributed by atoms with Crippen molar-refractivity contribution in [2.24, 2.45) is 23.2 Å². The molecule has 0 heterocycles. The van der Waals surface area contributed by atoms with Gasteiger partial charge in [0.05, 0.1) is 5.92 Å². The Morgan fingerprint density at radius 3 is 2.04 bits per heavy atom. The van der Waals surface area contributed by atoms with Gasteiger partial charge in [-0.15, -0.1) is 6.42 Å². The van der Waals surface area contributed by atoms with Gasteiger partial charge in [0.1, 0.15) is 6.23 Å². The first-order chi connectivity index (χ1) is 13.2. The number of aliphatic hydroxyl groups is 1. The van der Waals surface area contributed by atoms with Gasteiger partial charge in [0.25, 0.3) is 0 Å². The van der Waals surface area contributed by atoms with Gasteiger partial charge in [-0.25, -0.2) is 0 Å². The maximum absolute atomic E-state index is 12.4. The van der Waals surface area contributed by atoms with Gasteiger partial charge in [-0.2, -0.15) is 0 Å². The maximum Gasteiger partial charge on any atom is 0.225 e. The standard InChI is InChI=1S/C24H42N2O2/c1-6-17(3)22(27)25-20-12-8-18(9-13-20)16-19-10-14-21(15-11-19)26-23(28)24(4,5)7-2/h1,17-22,25,27H,7-16H2,2-5H3,(H,26,28). The Bertz CT molecular complexity index is 523. The van der Waals surface area contributed by atoms with Crippen LogP contribution in [0.25, 0.3) is 0 Å². The van der Waals surface area contributed by atoms with Crippen LogP contribution in [0.15, 0.2) is 0 Å². The van der Waals surface area contributed by atoms with Gasteiger partial charge in [0.2, 0.25) is 5.91 Å². The summed E-state index contributed by atoms with van der Waals surface area (Å²) in [4.78, 5) is 12.4. The van der Waals surface area contributed by atoms with Crippen LogP contribution in [0, 0.1) is 35.5 Å².